The number of nitrogens with zero attached hydrogens (tertiary/aromatic N) is 2. The maximum absolute atomic E-state index is 5.89. The van der Waals surface area contributed by atoms with Crippen molar-refractivity contribution in [3.63, 3.8) is 0 Å². The maximum Gasteiger partial charge on any atom is 0.298 e. The number of aromatic nitrogens is 1. The molecule has 1 aromatic carbocycles. The van der Waals surface area contributed by atoms with E-state index in [9.17, 15) is 0 Å². The Morgan fingerprint density at radius 1 is 1.33 bits per heavy atom. The summed E-state index contributed by atoms with van der Waals surface area (Å²) in [7, 11) is 0. The number of halogens is 1. The molecule has 1 aliphatic rings. The molecule has 18 heavy (non-hydrogen) atoms. The van der Waals surface area contributed by atoms with Gasteiger partial charge in [-0.25, -0.2) is 0 Å². The molecule has 3 rings (SSSR count). The van der Waals surface area contributed by atoms with Crippen LogP contribution in [-0.2, 0) is 0 Å². The van der Waals surface area contributed by atoms with Gasteiger partial charge < -0.3 is 9.32 Å². The number of oxazole rings is 1. The molecule has 2 heterocycles. The zero-order chi connectivity index (χ0) is 12.4. The van der Waals surface area contributed by atoms with E-state index in [0.29, 0.717) is 11.9 Å². The predicted molar refractivity (Wildman–Crippen MR) is 74.3 cm³/mol. The second kappa shape index (κ2) is 5.19. The monoisotopic (exact) mass is 264 g/mol. The molecule has 0 spiro atoms. The average molecular weight is 265 g/mol. The Hall–Kier alpha value is -1.22. The number of hydrogen-bond donors (Lipinski definition) is 0. The van der Waals surface area contributed by atoms with E-state index < -0.39 is 0 Å². The molecule has 2 aromatic rings. The van der Waals surface area contributed by atoms with E-state index in [4.69, 9.17) is 16.0 Å². The van der Waals surface area contributed by atoms with Gasteiger partial charge in [-0.1, -0.05) is 12.1 Å². The van der Waals surface area contributed by atoms with Gasteiger partial charge in [-0.3, -0.25) is 0 Å². The number of alkyl halides is 1. The minimum Gasteiger partial charge on any atom is -0.423 e. The summed E-state index contributed by atoms with van der Waals surface area (Å²) in [4.78, 5) is 6.87. The van der Waals surface area contributed by atoms with Crippen LogP contribution in [0, 0.1) is 0 Å². The molecule has 4 heteroatoms. The Morgan fingerprint density at radius 3 is 3.06 bits per heavy atom. The summed E-state index contributed by atoms with van der Waals surface area (Å²) in [6.45, 7) is 1.02. The van der Waals surface area contributed by atoms with Crippen molar-refractivity contribution in [3.8, 4) is 0 Å². The molecule has 0 radical (unpaired) electrons. The fraction of sp³-hybridized carbons (Fsp3) is 0.500. The molecule has 1 saturated heterocycles. The lowest BCUT2D eigenvalue weighted by atomic mass is 10.0. The van der Waals surface area contributed by atoms with Crippen molar-refractivity contribution in [2.75, 3.05) is 17.3 Å². The topological polar surface area (TPSA) is 29.3 Å². The molecule has 1 unspecified atom stereocenters. The highest BCUT2D eigenvalue weighted by molar-refractivity contribution is 6.17. The van der Waals surface area contributed by atoms with E-state index in [1.54, 1.807) is 0 Å². The molecule has 0 N–H and O–H groups in total. The number of piperidine rings is 1. The van der Waals surface area contributed by atoms with Crippen LogP contribution in [0.5, 0.6) is 0 Å². The van der Waals surface area contributed by atoms with Crippen LogP contribution in [0.15, 0.2) is 28.7 Å². The smallest absolute Gasteiger partial charge is 0.298 e. The summed E-state index contributed by atoms with van der Waals surface area (Å²) < 4.78 is 5.86. The van der Waals surface area contributed by atoms with Crippen LogP contribution in [-0.4, -0.2) is 23.5 Å². The van der Waals surface area contributed by atoms with E-state index in [-0.39, 0.29) is 0 Å². The second-order valence-corrected chi connectivity index (χ2v) is 5.16. The van der Waals surface area contributed by atoms with E-state index in [1.165, 1.54) is 19.3 Å². The minimum absolute atomic E-state index is 0.476. The normalized spacial score (nSPS) is 20.5. The first-order valence-corrected chi connectivity index (χ1v) is 7.10. The lowest BCUT2D eigenvalue weighted by Crippen LogP contribution is -2.40. The Labute approximate surface area is 112 Å². The number of anilines is 1. The van der Waals surface area contributed by atoms with Crippen LogP contribution < -0.4 is 4.90 Å². The predicted octanol–water partition coefficient (Wildman–Crippen LogP) is 3.82. The maximum atomic E-state index is 5.89. The van der Waals surface area contributed by atoms with Gasteiger partial charge in [-0.2, -0.15) is 4.98 Å². The van der Waals surface area contributed by atoms with Gasteiger partial charge in [0.2, 0.25) is 0 Å². The molecule has 1 aromatic heterocycles. The highest BCUT2D eigenvalue weighted by Crippen LogP contribution is 2.28. The second-order valence-electron chi connectivity index (χ2n) is 4.78. The van der Waals surface area contributed by atoms with Gasteiger partial charge in [0.1, 0.15) is 5.52 Å². The zero-order valence-electron chi connectivity index (χ0n) is 10.3. The summed E-state index contributed by atoms with van der Waals surface area (Å²) in [5.74, 6) is 0.696. The molecule has 1 aliphatic heterocycles. The third-order valence-corrected chi connectivity index (χ3v) is 3.82. The Bertz CT molecular complexity index is 490. The van der Waals surface area contributed by atoms with Gasteiger partial charge in [0.15, 0.2) is 5.58 Å². The first-order chi connectivity index (χ1) is 8.88. The lowest BCUT2D eigenvalue weighted by molar-refractivity contribution is 0.417. The summed E-state index contributed by atoms with van der Waals surface area (Å²) >= 11 is 5.89. The average Bonchev–Trinajstić information content (AvgIpc) is 2.83. The number of benzene rings is 1. The first kappa shape index (κ1) is 11.8. The van der Waals surface area contributed by atoms with Crippen LogP contribution in [0.4, 0.5) is 6.01 Å². The summed E-state index contributed by atoms with van der Waals surface area (Å²) in [5.41, 5.74) is 1.80. The quantitative estimate of drug-likeness (QED) is 0.790. The van der Waals surface area contributed by atoms with Gasteiger partial charge in [-0.15, -0.1) is 11.6 Å². The number of hydrogen-bond acceptors (Lipinski definition) is 3. The SMILES string of the molecule is ClCCC1CCCCN1c1nc2ccccc2o1. The van der Waals surface area contributed by atoms with Crippen molar-refractivity contribution >= 4 is 28.7 Å². The Morgan fingerprint density at radius 2 is 2.22 bits per heavy atom. The fourth-order valence-corrected chi connectivity index (χ4v) is 2.91. The van der Waals surface area contributed by atoms with Crippen molar-refractivity contribution in [2.24, 2.45) is 0 Å². The Balaban J connectivity index is 1.91. The van der Waals surface area contributed by atoms with Gasteiger partial charge >= 0.3 is 0 Å². The number of para-hydroxylation sites is 2. The fourth-order valence-electron chi connectivity index (χ4n) is 2.66. The molecular formula is C14H17ClN2O. The largest absolute Gasteiger partial charge is 0.423 e. The highest BCUT2D eigenvalue weighted by atomic mass is 35.5. The van der Waals surface area contributed by atoms with Crippen molar-refractivity contribution in [2.45, 2.75) is 31.7 Å². The van der Waals surface area contributed by atoms with E-state index in [1.807, 2.05) is 24.3 Å². The molecule has 1 atom stereocenters. The van der Waals surface area contributed by atoms with Gasteiger partial charge in [0, 0.05) is 18.5 Å². The first-order valence-electron chi connectivity index (χ1n) is 6.56. The van der Waals surface area contributed by atoms with Gasteiger partial charge in [0.25, 0.3) is 6.01 Å². The molecule has 96 valence electrons. The third kappa shape index (κ3) is 2.19. The van der Waals surface area contributed by atoms with Crippen LogP contribution in [0.25, 0.3) is 11.1 Å². The molecule has 0 bridgehead atoms. The van der Waals surface area contributed by atoms with Crippen LogP contribution in [0.1, 0.15) is 25.7 Å². The standard InChI is InChI=1S/C14H17ClN2O/c15-9-8-11-5-3-4-10-17(11)14-16-12-6-1-2-7-13(12)18-14/h1-2,6-7,11H,3-5,8-10H2. The van der Waals surface area contributed by atoms with E-state index in [0.717, 1.165) is 30.1 Å². The molecule has 0 saturated carbocycles. The van der Waals surface area contributed by atoms with Crippen molar-refractivity contribution in [1.29, 1.82) is 0 Å². The van der Waals surface area contributed by atoms with Crippen molar-refractivity contribution in [1.82, 2.24) is 4.98 Å². The lowest BCUT2D eigenvalue weighted by Gasteiger charge is -2.34. The summed E-state index contributed by atoms with van der Waals surface area (Å²) in [6.07, 6.45) is 4.67. The molecule has 0 amide bonds. The van der Waals surface area contributed by atoms with Gasteiger partial charge in [-0.05, 0) is 37.8 Å². The zero-order valence-corrected chi connectivity index (χ0v) is 11.1. The third-order valence-electron chi connectivity index (χ3n) is 3.60. The van der Waals surface area contributed by atoms with E-state index >= 15 is 0 Å². The molecular weight excluding hydrogens is 248 g/mol. The molecule has 1 fully saturated rings. The summed E-state index contributed by atoms with van der Waals surface area (Å²) in [6, 6.07) is 9.15. The van der Waals surface area contributed by atoms with Gasteiger partial charge in [0.05, 0.1) is 0 Å². The van der Waals surface area contributed by atoms with Crippen LogP contribution in [0.3, 0.4) is 0 Å². The molecule has 3 nitrogen and oxygen atoms in total. The van der Waals surface area contributed by atoms with E-state index in [2.05, 4.69) is 9.88 Å². The van der Waals surface area contributed by atoms with Crippen LogP contribution >= 0.6 is 11.6 Å². The summed E-state index contributed by atoms with van der Waals surface area (Å²) in [5, 5.41) is 0. The number of fused-ring (bicyclic) bond motifs is 1. The van der Waals surface area contributed by atoms with Crippen LogP contribution in [0.2, 0.25) is 0 Å². The van der Waals surface area contributed by atoms with Crippen molar-refractivity contribution < 1.29 is 4.42 Å². The highest BCUT2D eigenvalue weighted by Gasteiger charge is 2.25. The minimum atomic E-state index is 0.476. The van der Waals surface area contributed by atoms with Crippen molar-refractivity contribution in [3.05, 3.63) is 24.3 Å². The number of rotatable bonds is 3. The Kier molecular flexibility index (Phi) is 3.41. The molecule has 0 aliphatic carbocycles.